The van der Waals surface area contributed by atoms with Crippen LogP contribution in [0.3, 0.4) is 0 Å². The van der Waals surface area contributed by atoms with Crippen molar-refractivity contribution < 1.29 is 9.18 Å². The van der Waals surface area contributed by atoms with Gasteiger partial charge in [-0.2, -0.15) is 0 Å². The quantitative estimate of drug-likeness (QED) is 0.538. The number of benzene rings is 2. The number of amides is 1. The zero-order chi connectivity index (χ0) is 18.1. The topological polar surface area (TPSA) is 83.6 Å². The number of H-pyrrole nitrogens is 1. The molecule has 4 aromatic rings. The summed E-state index contributed by atoms with van der Waals surface area (Å²) in [5.41, 5.74) is 3.54. The molecule has 0 radical (unpaired) electrons. The number of rotatable bonds is 4. The number of nitrogens with zero attached hydrogens (tertiary/aromatic N) is 3. The second kappa shape index (κ2) is 6.72. The van der Waals surface area contributed by atoms with Gasteiger partial charge in [0.15, 0.2) is 5.65 Å². The van der Waals surface area contributed by atoms with Crippen LogP contribution in [0.25, 0.3) is 22.1 Å². The van der Waals surface area contributed by atoms with Gasteiger partial charge >= 0.3 is 0 Å². The molecule has 8 heteroatoms. The molecule has 0 aliphatic rings. The van der Waals surface area contributed by atoms with E-state index in [2.05, 4.69) is 25.5 Å². The predicted octanol–water partition coefficient (Wildman–Crippen LogP) is 3.68. The minimum absolute atomic E-state index is 0.0564. The van der Waals surface area contributed by atoms with Gasteiger partial charge in [-0.25, -0.2) is 9.37 Å². The van der Waals surface area contributed by atoms with E-state index < -0.39 is 5.82 Å². The molecule has 0 saturated heterocycles. The fourth-order valence-corrected chi connectivity index (χ4v) is 3.20. The first-order chi connectivity index (χ1) is 12.6. The van der Waals surface area contributed by atoms with Crippen LogP contribution in [0.15, 0.2) is 47.6 Å². The van der Waals surface area contributed by atoms with E-state index in [9.17, 15) is 9.18 Å². The number of carbonyl (C=O) groups excluding carboxylic acids is 1. The number of nitrogens with one attached hydrogen (secondary N) is 2. The standard InChI is InChI=1S/C18H14FN5OS/c1-10-6-7-13-11(8-10)16-17(21-13)22-18(24-23-16)26-9-15(25)20-14-5-3-2-4-12(14)19/h2-8H,9H2,1H3,(H,20,25)(H,21,22,24). The Labute approximate surface area is 152 Å². The number of fused-ring (bicyclic) bond motifs is 3. The highest BCUT2D eigenvalue weighted by molar-refractivity contribution is 7.99. The molecule has 0 atom stereocenters. The van der Waals surface area contributed by atoms with E-state index in [0.29, 0.717) is 16.3 Å². The predicted molar refractivity (Wildman–Crippen MR) is 99.7 cm³/mol. The first-order valence-corrected chi connectivity index (χ1v) is 8.88. The van der Waals surface area contributed by atoms with Crippen molar-refractivity contribution in [1.82, 2.24) is 20.2 Å². The molecule has 1 amide bonds. The molecule has 2 aromatic heterocycles. The highest BCUT2D eigenvalue weighted by Crippen LogP contribution is 2.24. The van der Waals surface area contributed by atoms with Crippen LogP contribution in [-0.2, 0) is 4.79 Å². The van der Waals surface area contributed by atoms with Crippen LogP contribution in [0, 0.1) is 12.7 Å². The average molecular weight is 367 g/mol. The summed E-state index contributed by atoms with van der Waals surface area (Å²) in [7, 11) is 0. The number of aryl methyl sites for hydroxylation is 1. The lowest BCUT2D eigenvalue weighted by Crippen LogP contribution is -2.15. The molecule has 0 aliphatic heterocycles. The Morgan fingerprint density at radius 3 is 2.92 bits per heavy atom. The van der Waals surface area contributed by atoms with Crippen LogP contribution in [0.4, 0.5) is 10.1 Å². The van der Waals surface area contributed by atoms with Crippen LogP contribution in [0.5, 0.6) is 0 Å². The number of hydrogen-bond donors (Lipinski definition) is 2. The maximum absolute atomic E-state index is 13.6. The number of anilines is 1. The zero-order valence-corrected chi connectivity index (χ0v) is 14.6. The van der Waals surface area contributed by atoms with Crippen molar-refractivity contribution in [2.24, 2.45) is 0 Å². The molecular weight excluding hydrogens is 353 g/mol. The van der Waals surface area contributed by atoms with Gasteiger partial charge < -0.3 is 10.3 Å². The molecule has 0 bridgehead atoms. The molecule has 0 fully saturated rings. The van der Waals surface area contributed by atoms with Gasteiger partial charge in [-0.05, 0) is 31.2 Å². The zero-order valence-electron chi connectivity index (χ0n) is 13.8. The van der Waals surface area contributed by atoms with Crippen molar-refractivity contribution in [3.63, 3.8) is 0 Å². The van der Waals surface area contributed by atoms with Gasteiger partial charge in [0.25, 0.3) is 0 Å². The number of hydrogen-bond acceptors (Lipinski definition) is 5. The van der Waals surface area contributed by atoms with E-state index in [1.54, 1.807) is 12.1 Å². The van der Waals surface area contributed by atoms with E-state index in [1.165, 1.54) is 12.1 Å². The van der Waals surface area contributed by atoms with Crippen molar-refractivity contribution in [2.45, 2.75) is 12.1 Å². The molecule has 0 spiro atoms. The van der Waals surface area contributed by atoms with E-state index in [4.69, 9.17) is 0 Å². The Hall–Kier alpha value is -3.00. The van der Waals surface area contributed by atoms with Crippen molar-refractivity contribution in [3.05, 3.63) is 53.8 Å². The smallest absolute Gasteiger partial charge is 0.234 e. The maximum Gasteiger partial charge on any atom is 0.234 e. The molecule has 0 aliphatic carbocycles. The SMILES string of the molecule is Cc1ccc2[nH]c3nc(SCC(=O)Nc4ccccc4F)nnc3c2c1. The Balaban J connectivity index is 1.50. The number of aromatic amines is 1. The highest BCUT2D eigenvalue weighted by Gasteiger charge is 2.12. The first kappa shape index (κ1) is 16.5. The van der Waals surface area contributed by atoms with Crippen molar-refractivity contribution in [1.29, 1.82) is 0 Å². The molecule has 130 valence electrons. The fraction of sp³-hybridized carbons (Fsp3) is 0.111. The van der Waals surface area contributed by atoms with Gasteiger partial charge in [-0.3, -0.25) is 4.79 Å². The summed E-state index contributed by atoms with van der Waals surface area (Å²) in [6, 6.07) is 12.0. The van der Waals surface area contributed by atoms with E-state index >= 15 is 0 Å². The maximum atomic E-state index is 13.6. The monoisotopic (exact) mass is 367 g/mol. The van der Waals surface area contributed by atoms with Gasteiger partial charge in [0.2, 0.25) is 11.1 Å². The van der Waals surface area contributed by atoms with Crippen LogP contribution >= 0.6 is 11.8 Å². The summed E-state index contributed by atoms with van der Waals surface area (Å²) in [6.45, 7) is 2.01. The molecule has 2 N–H and O–H groups in total. The van der Waals surface area contributed by atoms with Crippen LogP contribution in [0.1, 0.15) is 5.56 Å². The van der Waals surface area contributed by atoms with Crippen molar-refractivity contribution >= 4 is 45.4 Å². The highest BCUT2D eigenvalue weighted by atomic mass is 32.2. The van der Waals surface area contributed by atoms with Crippen molar-refractivity contribution in [2.75, 3.05) is 11.1 Å². The number of para-hydroxylation sites is 1. The third kappa shape index (κ3) is 3.23. The van der Waals surface area contributed by atoms with E-state index in [0.717, 1.165) is 28.2 Å². The normalized spacial score (nSPS) is 11.2. The molecule has 2 aromatic carbocycles. The number of aromatic nitrogens is 4. The first-order valence-electron chi connectivity index (χ1n) is 7.90. The molecule has 0 unspecified atom stereocenters. The number of halogens is 1. The third-order valence-corrected chi connectivity index (χ3v) is 4.67. The largest absolute Gasteiger partial charge is 0.338 e. The summed E-state index contributed by atoms with van der Waals surface area (Å²) in [5, 5.41) is 12.2. The molecule has 0 saturated carbocycles. The average Bonchev–Trinajstić information content (AvgIpc) is 2.99. The summed E-state index contributed by atoms with van der Waals surface area (Å²) in [5.74, 6) is -0.754. The molecule has 26 heavy (non-hydrogen) atoms. The van der Waals surface area contributed by atoms with Crippen LogP contribution in [-0.4, -0.2) is 31.8 Å². The van der Waals surface area contributed by atoms with Gasteiger partial charge in [-0.1, -0.05) is 35.5 Å². The second-order valence-electron chi connectivity index (χ2n) is 5.78. The fourth-order valence-electron chi connectivity index (χ4n) is 2.61. The number of thioether (sulfide) groups is 1. The summed E-state index contributed by atoms with van der Waals surface area (Å²) < 4.78 is 13.6. The van der Waals surface area contributed by atoms with Crippen molar-refractivity contribution in [3.8, 4) is 0 Å². The minimum atomic E-state index is -0.474. The van der Waals surface area contributed by atoms with Gasteiger partial charge in [0.1, 0.15) is 11.3 Å². The lowest BCUT2D eigenvalue weighted by atomic mass is 10.2. The summed E-state index contributed by atoms with van der Waals surface area (Å²) in [4.78, 5) is 19.6. The van der Waals surface area contributed by atoms with Crippen LogP contribution < -0.4 is 5.32 Å². The lowest BCUT2D eigenvalue weighted by molar-refractivity contribution is -0.113. The molecule has 2 heterocycles. The summed E-state index contributed by atoms with van der Waals surface area (Å²) >= 11 is 1.14. The van der Waals surface area contributed by atoms with E-state index in [-0.39, 0.29) is 17.3 Å². The lowest BCUT2D eigenvalue weighted by Gasteiger charge is -2.05. The Kier molecular flexibility index (Phi) is 4.26. The van der Waals surface area contributed by atoms with E-state index in [1.807, 2.05) is 25.1 Å². The Morgan fingerprint density at radius 1 is 1.23 bits per heavy atom. The van der Waals surface area contributed by atoms with Gasteiger partial charge in [0.05, 0.1) is 11.4 Å². The molecular formula is C18H14FN5OS. The van der Waals surface area contributed by atoms with Gasteiger partial charge in [-0.15, -0.1) is 10.2 Å². The third-order valence-electron chi connectivity index (χ3n) is 3.83. The van der Waals surface area contributed by atoms with Gasteiger partial charge in [0, 0.05) is 10.9 Å². The van der Waals surface area contributed by atoms with Crippen LogP contribution in [0.2, 0.25) is 0 Å². The second-order valence-corrected chi connectivity index (χ2v) is 6.72. The Bertz CT molecular complexity index is 1130. The number of carbonyl (C=O) groups is 1. The Morgan fingerprint density at radius 2 is 2.08 bits per heavy atom. The minimum Gasteiger partial charge on any atom is -0.338 e. The molecule has 6 nitrogen and oxygen atoms in total. The summed E-state index contributed by atoms with van der Waals surface area (Å²) in [6.07, 6.45) is 0. The molecule has 4 rings (SSSR count).